The Balaban J connectivity index is 1.88. The number of aromatic nitrogens is 2. The number of rotatable bonds is 8. The molecule has 0 bridgehead atoms. The van der Waals surface area contributed by atoms with Crippen molar-refractivity contribution in [2.24, 2.45) is 0 Å². The molecule has 0 spiro atoms. The second-order valence-corrected chi connectivity index (χ2v) is 7.47. The van der Waals surface area contributed by atoms with E-state index in [-0.39, 0.29) is 17.4 Å². The predicted octanol–water partition coefficient (Wildman–Crippen LogP) is 7.02. The van der Waals surface area contributed by atoms with Gasteiger partial charge in [-0.15, -0.1) is 0 Å². The molecule has 0 amide bonds. The molecule has 0 saturated carbocycles. The Morgan fingerprint density at radius 3 is 2.44 bits per heavy atom. The average molecular weight is 487 g/mol. The number of carbonyl (C=O) groups excluding carboxylic acids is 1. The molecular weight excluding hydrogens is 471 g/mol. The van der Waals surface area contributed by atoms with Crippen LogP contribution in [-0.2, 0) is 6.54 Å². The van der Waals surface area contributed by atoms with E-state index < -0.39 is 24.2 Å². The highest BCUT2D eigenvalue weighted by molar-refractivity contribution is 6.42. The summed E-state index contributed by atoms with van der Waals surface area (Å²) in [5.74, 6) is 0.0295. The van der Waals surface area contributed by atoms with Gasteiger partial charge in [0.2, 0.25) is 0 Å². The van der Waals surface area contributed by atoms with Gasteiger partial charge in [-0.1, -0.05) is 35.3 Å². The number of hydrogen-bond acceptors (Lipinski definition) is 3. The summed E-state index contributed by atoms with van der Waals surface area (Å²) in [5.41, 5.74) is -0.0424. The Labute approximate surface area is 191 Å². The van der Waals surface area contributed by atoms with E-state index in [9.17, 15) is 22.4 Å². The van der Waals surface area contributed by atoms with Crippen LogP contribution in [0.25, 0.3) is 6.08 Å². The SMILES string of the molecule is COc1ccc(/C=C/C(=O)c2ccc(Cl)c(Cl)c2)cc1Cn1nc(C(F)F)cc1C(F)F. The van der Waals surface area contributed by atoms with Gasteiger partial charge in [-0.2, -0.15) is 5.10 Å². The Kier molecular flexibility index (Phi) is 7.58. The van der Waals surface area contributed by atoms with E-state index in [0.717, 1.165) is 4.68 Å². The molecule has 3 rings (SSSR count). The summed E-state index contributed by atoms with van der Waals surface area (Å²) in [4.78, 5) is 12.4. The molecule has 0 unspecified atom stereocenters. The summed E-state index contributed by atoms with van der Waals surface area (Å²) in [5, 5.41) is 4.16. The lowest BCUT2D eigenvalue weighted by Crippen LogP contribution is -2.08. The summed E-state index contributed by atoms with van der Waals surface area (Å²) in [6, 6.07) is 10.00. The zero-order chi connectivity index (χ0) is 23.4. The van der Waals surface area contributed by atoms with Gasteiger partial charge >= 0.3 is 0 Å². The van der Waals surface area contributed by atoms with Crippen LogP contribution in [0.2, 0.25) is 10.0 Å². The molecule has 0 aliphatic rings. The van der Waals surface area contributed by atoms with Crippen molar-refractivity contribution in [2.45, 2.75) is 19.4 Å². The number of ether oxygens (including phenoxy) is 1. The van der Waals surface area contributed by atoms with E-state index in [4.69, 9.17) is 27.9 Å². The van der Waals surface area contributed by atoms with Crippen LogP contribution in [0, 0.1) is 0 Å². The van der Waals surface area contributed by atoms with Crippen LogP contribution in [-0.4, -0.2) is 22.7 Å². The van der Waals surface area contributed by atoms with E-state index in [1.54, 1.807) is 18.2 Å². The normalized spacial score (nSPS) is 11.7. The standard InChI is InChI=1S/C22H16Cl2F4N2O2/c1-32-20-7-3-12(2-6-19(31)13-4-5-15(23)16(24)9-13)8-14(20)11-30-18(22(27)28)10-17(29-30)21(25)26/h2-10,21-22H,11H2,1H3/b6-2+. The topological polar surface area (TPSA) is 44.1 Å². The largest absolute Gasteiger partial charge is 0.496 e. The summed E-state index contributed by atoms with van der Waals surface area (Å²) in [6.45, 7) is -0.224. The quantitative estimate of drug-likeness (QED) is 0.195. The molecule has 32 heavy (non-hydrogen) atoms. The third kappa shape index (κ3) is 5.49. The van der Waals surface area contributed by atoms with Crippen LogP contribution in [0.1, 0.15) is 45.7 Å². The molecule has 0 aliphatic heterocycles. The molecule has 10 heteroatoms. The summed E-state index contributed by atoms with van der Waals surface area (Å²) < 4.78 is 58.5. The average Bonchev–Trinajstić information content (AvgIpc) is 3.18. The molecule has 4 nitrogen and oxygen atoms in total. The van der Waals surface area contributed by atoms with Gasteiger partial charge < -0.3 is 4.74 Å². The number of ketones is 1. The lowest BCUT2D eigenvalue weighted by Gasteiger charge is -2.12. The second kappa shape index (κ2) is 10.2. The number of carbonyl (C=O) groups is 1. The van der Waals surface area contributed by atoms with Gasteiger partial charge in [0.15, 0.2) is 5.78 Å². The van der Waals surface area contributed by atoms with Crippen molar-refractivity contribution >= 4 is 35.1 Å². The molecule has 0 fully saturated rings. The van der Waals surface area contributed by atoms with Crippen LogP contribution in [0.3, 0.4) is 0 Å². The van der Waals surface area contributed by atoms with E-state index >= 15 is 0 Å². The molecule has 0 aliphatic carbocycles. The lowest BCUT2D eigenvalue weighted by molar-refractivity contribution is 0.104. The fourth-order valence-corrected chi connectivity index (χ4v) is 3.26. The molecule has 168 valence electrons. The van der Waals surface area contributed by atoms with Crippen molar-refractivity contribution in [1.29, 1.82) is 0 Å². The Hall–Kier alpha value is -2.84. The first-order chi connectivity index (χ1) is 15.2. The van der Waals surface area contributed by atoms with E-state index in [1.165, 1.54) is 37.5 Å². The maximum atomic E-state index is 13.3. The minimum Gasteiger partial charge on any atom is -0.496 e. The first-order valence-electron chi connectivity index (χ1n) is 9.18. The number of methoxy groups -OCH3 is 1. The van der Waals surface area contributed by atoms with Gasteiger partial charge in [0.1, 0.15) is 17.1 Å². The number of allylic oxidation sites excluding steroid dienone is 1. The van der Waals surface area contributed by atoms with Crippen molar-refractivity contribution < 1.29 is 27.1 Å². The maximum Gasteiger partial charge on any atom is 0.282 e. The molecular formula is C22H16Cl2F4N2O2. The van der Waals surface area contributed by atoms with Crippen molar-refractivity contribution in [2.75, 3.05) is 7.11 Å². The Morgan fingerprint density at radius 1 is 1.06 bits per heavy atom. The summed E-state index contributed by atoms with van der Waals surface area (Å²) in [7, 11) is 1.39. The van der Waals surface area contributed by atoms with Crippen molar-refractivity contribution in [3.8, 4) is 5.75 Å². The number of nitrogens with zero attached hydrogens (tertiary/aromatic N) is 2. The lowest BCUT2D eigenvalue weighted by atomic mass is 10.1. The zero-order valence-corrected chi connectivity index (χ0v) is 18.0. The monoisotopic (exact) mass is 486 g/mol. The van der Waals surface area contributed by atoms with Crippen molar-refractivity contribution in [3.05, 3.63) is 86.7 Å². The first-order valence-corrected chi connectivity index (χ1v) is 9.93. The van der Waals surface area contributed by atoms with Gasteiger partial charge in [-0.25, -0.2) is 17.6 Å². The third-order valence-corrected chi connectivity index (χ3v) is 5.27. The van der Waals surface area contributed by atoms with Crippen LogP contribution in [0.15, 0.2) is 48.5 Å². The molecule has 3 aromatic rings. The van der Waals surface area contributed by atoms with E-state index in [2.05, 4.69) is 5.10 Å². The molecule has 0 N–H and O–H groups in total. The van der Waals surface area contributed by atoms with Gasteiger partial charge in [-0.3, -0.25) is 9.48 Å². The highest BCUT2D eigenvalue weighted by atomic mass is 35.5. The predicted molar refractivity (Wildman–Crippen MR) is 114 cm³/mol. The second-order valence-electron chi connectivity index (χ2n) is 6.65. The molecule has 1 heterocycles. The summed E-state index contributed by atoms with van der Waals surface area (Å²) in [6.07, 6.45) is -3.11. The smallest absolute Gasteiger partial charge is 0.282 e. The zero-order valence-electron chi connectivity index (χ0n) is 16.5. The maximum absolute atomic E-state index is 13.3. The van der Waals surface area contributed by atoms with E-state index in [1.807, 2.05) is 0 Å². The third-order valence-electron chi connectivity index (χ3n) is 4.53. The molecule has 0 saturated heterocycles. The molecule has 0 radical (unpaired) electrons. The van der Waals surface area contributed by atoms with Crippen LogP contribution in [0.4, 0.5) is 17.6 Å². The Bertz CT molecular complexity index is 1160. The number of hydrogen-bond donors (Lipinski definition) is 0. The van der Waals surface area contributed by atoms with Crippen molar-refractivity contribution in [1.82, 2.24) is 9.78 Å². The van der Waals surface area contributed by atoms with Gasteiger partial charge in [0.05, 0.1) is 23.7 Å². The minimum absolute atomic E-state index is 0.224. The van der Waals surface area contributed by atoms with Crippen LogP contribution < -0.4 is 4.74 Å². The highest BCUT2D eigenvalue weighted by Crippen LogP contribution is 2.28. The number of halogens is 6. The van der Waals surface area contributed by atoms with Gasteiger partial charge in [0, 0.05) is 11.1 Å². The molecule has 0 atom stereocenters. The fraction of sp³-hybridized carbons (Fsp3) is 0.182. The number of benzene rings is 2. The van der Waals surface area contributed by atoms with Gasteiger partial charge in [-0.05, 0) is 48.0 Å². The fourth-order valence-electron chi connectivity index (χ4n) is 2.97. The molecule has 2 aromatic carbocycles. The highest BCUT2D eigenvalue weighted by Gasteiger charge is 2.22. The van der Waals surface area contributed by atoms with Crippen LogP contribution in [0.5, 0.6) is 5.75 Å². The number of alkyl halides is 4. The van der Waals surface area contributed by atoms with Crippen LogP contribution >= 0.6 is 23.2 Å². The minimum atomic E-state index is -2.98. The van der Waals surface area contributed by atoms with E-state index in [0.29, 0.717) is 33.5 Å². The first kappa shape index (κ1) is 23.8. The van der Waals surface area contributed by atoms with Crippen molar-refractivity contribution in [3.63, 3.8) is 0 Å². The summed E-state index contributed by atoms with van der Waals surface area (Å²) >= 11 is 11.8. The van der Waals surface area contributed by atoms with Gasteiger partial charge in [0.25, 0.3) is 12.9 Å². The molecule has 1 aromatic heterocycles. The Morgan fingerprint density at radius 2 is 1.81 bits per heavy atom.